The maximum absolute atomic E-state index is 10.6. The molecule has 20 heteroatoms. The van der Waals surface area contributed by atoms with Gasteiger partial charge in [-0.05, 0) is 42.8 Å². The molecule has 4 aromatic rings. The van der Waals surface area contributed by atoms with Crippen LogP contribution in [0, 0.1) is 0 Å². The Kier molecular flexibility index (Phi) is 10.0. The molecular weight excluding hydrogens is 634 g/mol. The van der Waals surface area contributed by atoms with Crippen LogP contribution in [0.3, 0.4) is 0 Å². The Morgan fingerprint density at radius 2 is 1.60 bits per heavy atom. The first-order chi connectivity index (χ1) is 19.9. The normalized spacial score (nSPS) is 13.1. The number of aromatic nitrogens is 5. The Hall–Kier alpha value is -4.26. The molecule has 43 heavy (non-hydrogen) atoms. The van der Waals surface area contributed by atoms with Gasteiger partial charge in [0.05, 0.1) is 15.9 Å². The summed E-state index contributed by atoms with van der Waals surface area (Å²) in [4.78, 5) is 42.2. The molecule has 12 nitrogen and oxygen atoms in total. The van der Waals surface area contributed by atoms with Crippen LogP contribution in [0.1, 0.15) is 19.0 Å². The largest absolute Gasteiger partial charge is 0.490 e. The summed E-state index contributed by atoms with van der Waals surface area (Å²) in [6.07, 6.45) is -8.20. The number of aromatic amines is 1. The zero-order chi connectivity index (χ0) is 32.3. The molecule has 0 radical (unpaired) electrons. The van der Waals surface area contributed by atoms with E-state index >= 15 is 0 Å². The molecular formula is C23H21ClF6N8O4S. The van der Waals surface area contributed by atoms with Gasteiger partial charge in [-0.25, -0.2) is 24.5 Å². The third kappa shape index (κ3) is 8.19. The van der Waals surface area contributed by atoms with Crippen LogP contribution in [0.25, 0.3) is 21.9 Å². The fourth-order valence-electron chi connectivity index (χ4n) is 3.44. The summed E-state index contributed by atoms with van der Waals surface area (Å²) in [6.45, 7) is 4.02. The van der Waals surface area contributed by atoms with Gasteiger partial charge in [-0.2, -0.15) is 31.3 Å². The number of aliphatic carboxylic acids is 2. The average Bonchev–Trinajstić information content (AvgIpc) is 3.17. The molecule has 0 saturated carbocycles. The number of alkyl halides is 6. The maximum atomic E-state index is 10.6. The van der Waals surface area contributed by atoms with Gasteiger partial charge in [-0.1, -0.05) is 18.5 Å². The predicted molar refractivity (Wildman–Crippen MR) is 145 cm³/mol. The molecule has 5 rings (SSSR count). The molecule has 7 N–H and O–H groups in total. The summed E-state index contributed by atoms with van der Waals surface area (Å²) < 4.78 is 63.5. The first kappa shape index (κ1) is 33.2. The number of nitrogens with zero attached hydrogens (tertiary/aromatic N) is 5. The molecule has 0 spiro atoms. The summed E-state index contributed by atoms with van der Waals surface area (Å²) in [5.74, 6) is -4.10. The van der Waals surface area contributed by atoms with Crippen molar-refractivity contribution in [1.82, 2.24) is 24.9 Å². The number of hydrogen-bond donors (Lipinski definition) is 5. The molecule has 1 aliphatic heterocycles. The van der Waals surface area contributed by atoms with Crippen LogP contribution in [0.15, 0.2) is 28.3 Å². The van der Waals surface area contributed by atoms with E-state index in [2.05, 4.69) is 26.8 Å². The number of nitrogens with one attached hydrogen (secondary N) is 1. The zero-order valence-electron chi connectivity index (χ0n) is 21.7. The molecule has 1 aliphatic rings. The van der Waals surface area contributed by atoms with Gasteiger partial charge in [-0.3, -0.25) is 0 Å². The van der Waals surface area contributed by atoms with Crippen LogP contribution in [0.2, 0.25) is 5.02 Å². The van der Waals surface area contributed by atoms with Gasteiger partial charge in [0, 0.05) is 29.1 Å². The third-order valence-electron chi connectivity index (χ3n) is 5.54. The second-order valence-corrected chi connectivity index (χ2v) is 9.94. The standard InChI is InChI=1S/C19H19ClN8S.2C2HF3O2/c1-2-11-14(20)13-16(23-11)26-19(27-17(13)28-6-3-7-28)29-9-4-5-10-12(8-9)24-18(22)25-15(10)21;2*3-2(4,5)1(6)7/h4-5,8H,2-3,6-7H2,1H3,(H,23,26,27)(H4,21,22,24,25);2*(H,6,7). The molecule has 0 bridgehead atoms. The molecule has 0 aliphatic carbocycles. The van der Waals surface area contributed by atoms with Crippen molar-refractivity contribution in [3.05, 3.63) is 28.9 Å². The molecule has 0 amide bonds. The summed E-state index contributed by atoms with van der Waals surface area (Å²) in [7, 11) is 0. The van der Waals surface area contributed by atoms with E-state index in [1.165, 1.54) is 11.8 Å². The van der Waals surface area contributed by atoms with E-state index < -0.39 is 24.3 Å². The number of carbonyl (C=O) groups is 2. The Morgan fingerprint density at radius 1 is 1.02 bits per heavy atom. The fraction of sp³-hybridized carbons (Fsp3) is 0.304. The minimum atomic E-state index is -5.08. The summed E-state index contributed by atoms with van der Waals surface area (Å²) in [5, 5.41) is 17.3. The van der Waals surface area contributed by atoms with Gasteiger partial charge in [0.1, 0.15) is 17.3 Å². The molecule has 4 heterocycles. The maximum Gasteiger partial charge on any atom is 0.490 e. The number of benzene rings is 1. The lowest BCUT2D eigenvalue weighted by Crippen LogP contribution is -2.37. The highest BCUT2D eigenvalue weighted by atomic mass is 35.5. The van der Waals surface area contributed by atoms with Gasteiger partial charge in [0.25, 0.3) is 0 Å². The number of fused-ring (bicyclic) bond motifs is 2. The number of hydrogen-bond acceptors (Lipinski definition) is 10. The first-order valence-corrected chi connectivity index (χ1v) is 13.1. The van der Waals surface area contributed by atoms with E-state index in [0.717, 1.165) is 58.8 Å². The van der Waals surface area contributed by atoms with E-state index in [0.29, 0.717) is 21.5 Å². The summed E-state index contributed by atoms with van der Waals surface area (Å²) >= 11 is 8.08. The third-order valence-corrected chi connectivity index (χ3v) is 6.81. The molecule has 0 unspecified atom stereocenters. The number of rotatable bonds is 4. The van der Waals surface area contributed by atoms with Crippen molar-refractivity contribution in [1.29, 1.82) is 0 Å². The number of nitrogens with two attached hydrogens (primary N) is 2. The first-order valence-electron chi connectivity index (χ1n) is 11.9. The Labute approximate surface area is 246 Å². The van der Waals surface area contributed by atoms with Gasteiger partial charge in [-0.15, -0.1) is 0 Å². The molecule has 1 aromatic carbocycles. The van der Waals surface area contributed by atoms with E-state index in [4.69, 9.17) is 52.8 Å². The highest BCUT2D eigenvalue weighted by Crippen LogP contribution is 2.38. The molecule has 1 saturated heterocycles. The number of carboxylic acids is 2. The molecule has 0 atom stereocenters. The molecule has 1 fully saturated rings. The zero-order valence-corrected chi connectivity index (χ0v) is 23.3. The van der Waals surface area contributed by atoms with Crippen LogP contribution >= 0.6 is 23.4 Å². The topological polar surface area (TPSA) is 197 Å². The lowest BCUT2D eigenvalue weighted by Gasteiger charge is -2.32. The van der Waals surface area contributed by atoms with Crippen LogP contribution in [-0.4, -0.2) is 72.5 Å². The van der Waals surface area contributed by atoms with Crippen molar-refractivity contribution in [3.63, 3.8) is 0 Å². The van der Waals surface area contributed by atoms with Crippen LogP contribution in [0.5, 0.6) is 0 Å². The van der Waals surface area contributed by atoms with Gasteiger partial charge in [0.2, 0.25) is 5.95 Å². The van der Waals surface area contributed by atoms with Crippen molar-refractivity contribution in [2.75, 3.05) is 29.5 Å². The van der Waals surface area contributed by atoms with Crippen molar-refractivity contribution >= 4 is 74.8 Å². The Balaban J connectivity index is 0.000000303. The van der Waals surface area contributed by atoms with E-state index in [9.17, 15) is 26.3 Å². The molecule has 3 aromatic heterocycles. The smallest absolute Gasteiger partial charge is 0.475 e. The minimum absolute atomic E-state index is 0.156. The van der Waals surface area contributed by atoms with E-state index in [-0.39, 0.29) is 5.95 Å². The molecule has 232 valence electrons. The Bertz CT molecular complexity index is 1640. The lowest BCUT2D eigenvalue weighted by molar-refractivity contribution is -0.193. The van der Waals surface area contributed by atoms with Gasteiger partial charge >= 0.3 is 24.3 Å². The number of anilines is 3. The van der Waals surface area contributed by atoms with Crippen LogP contribution in [0.4, 0.5) is 43.9 Å². The lowest BCUT2D eigenvalue weighted by atomic mass is 10.2. The summed E-state index contributed by atoms with van der Waals surface area (Å²) in [6, 6.07) is 5.77. The Morgan fingerprint density at radius 3 is 2.09 bits per heavy atom. The predicted octanol–water partition coefficient (Wildman–Crippen LogP) is 4.91. The second kappa shape index (κ2) is 12.9. The van der Waals surface area contributed by atoms with Gasteiger partial charge in [0.15, 0.2) is 5.16 Å². The number of nitrogen functional groups attached to an aromatic ring is 2. The highest BCUT2D eigenvalue weighted by Gasteiger charge is 2.38. The van der Waals surface area contributed by atoms with E-state index in [1.807, 2.05) is 18.2 Å². The number of H-pyrrole nitrogens is 1. The van der Waals surface area contributed by atoms with Crippen LogP contribution < -0.4 is 16.4 Å². The number of aryl methyl sites for hydroxylation is 1. The SMILES string of the molecule is CCc1[nH]c2nc(Sc3ccc4c(N)nc(N)nc4c3)nc(N3CCC3)c2c1Cl.O=C(O)C(F)(F)F.O=C(O)C(F)(F)F. The monoisotopic (exact) mass is 654 g/mol. The number of halogens is 7. The summed E-state index contributed by atoms with van der Waals surface area (Å²) in [5.41, 5.74) is 14.1. The van der Waals surface area contributed by atoms with Crippen LogP contribution in [-0.2, 0) is 16.0 Å². The van der Waals surface area contributed by atoms with E-state index in [1.54, 1.807) is 0 Å². The van der Waals surface area contributed by atoms with Crippen molar-refractivity contribution in [2.24, 2.45) is 0 Å². The van der Waals surface area contributed by atoms with Crippen molar-refractivity contribution in [2.45, 2.75) is 42.2 Å². The quantitative estimate of drug-likeness (QED) is 0.147. The minimum Gasteiger partial charge on any atom is -0.475 e. The van der Waals surface area contributed by atoms with Crippen molar-refractivity contribution < 1.29 is 46.1 Å². The highest BCUT2D eigenvalue weighted by molar-refractivity contribution is 7.99. The van der Waals surface area contributed by atoms with Gasteiger partial charge < -0.3 is 31.6 Å². The number of carboxylic acid groups (broad SMARTS) is 2. The average molecular weight is 655 g/mol. The van der Waals surface area contributed by atoms with Crippen molar-refractivity contribution in [3.8, 4) is 0 Å². The fourth-order valence-corrected chi connectivity index (χ4v) is 4.58. The second-order valence-electron chi connectivity index (χ2n) is 8.52.